The molecule has 8 heteroatoms. The van der Waals surface area contributed by atoms with E-state index in [1.807, 2.05) is 13.8 Å². The van der Waals surface area contributed by atoms with Gasteiger partial charge in [-0.25, -0.2) is 14.8 Å². The third kappa shape index (κ3) is 2.63. The Balaban J connectivity index is 2.26. The highest BCUT2D eigenvalue weighted by Crippen LogP contribution is 2.11. The van der Waals surface area contributed by atoms with Gasteiger partial charge in [0.05, 0.1) is 0 Å². The SMILES string of the molecule is CCn1nc(NC(=O)c2nccnc2C(=O)O)cc1C. The van der Waals surface area contributed by atoms with Gasteiger partial charge in [0.15, 0.2) is 17.2 Å². The fourth-order valence-corrected chi connectivity index (χ4v) is 1.73. The second-order valence-electron chi connectivity index (χ2n) is 4.00. The zero-order valence-corrected chi connectivity index (χ0v) is 11.0. The Morgan fingerprint density at radius 1 is 1.30 bits per heavy atom. The van der Waals surface area contributed by atoms with E-state index in [0.29, 0.717) is 12.4 Å². The molecule has 8 nitrogen and oxygen atoms in total. The second-order valence-corrected chi connectivity index (χ2v) is 4.00. The number of anilines is 1. The smallest absolute Gasteiger partial charge is 0.356 e. The number of nitrogens with zero attached hydrogens (tertiary/aromatic N) is 4. The molecule has 0 bridgehead atoms. The number of aromatic nitrogens is 4. The van der Waals surface area contributed by atoms with Crippen LogP contribution in [0.25, 0.3) is 0 Å². The van der Waals surface area contributed by atoms with Crippen molar-refractivity contribution in [2.75, 3.05) is 5.32 Å². The third-order valence-electron chi connectivity index (χ3n) is 2.64. The maximum absolute atomic E-state index is 12.0. The lowest BCUT2D eigenvalue weighted by molar-refractivity contribution is 0.0685. The van der Waals surface area contributed by atoms with E-state index >= 15 is 0 Å². The van der Waals surface area contributed by atoms with Crippen molar-refractivity contribution in [3.8, 4) is 0 Å². The number of carbonyl (C=O) groups is 2. The molecule has 20 heavy (non-hydrogen) atoms. The van der Waals surface area contributed by atoms with Crippen molar-refractivity contribution >= 4 is 17.7 Å². The van der Waals surface area contributed by atoms with Gasteiger partial charge in [0.2, 0.25) is 0 Å². The van der Waals surface area contributed by atoms with Gasteiger partial charge < -0.3 is 10.4 Å². The topological polar surface area (TPSA) is 110 Å². The molecule has 1 amide bonds. The molecule has 0 fully saturated rings. The van der Waals surface area contributed by atoms with Gasteiger partial charge in [0.25, 0.3) is 5.91 Å². The van der Waals surface area contributed by atoms with E-state index in [0.717, 1.165) is 5.69 Å². The van der Waals surface area contributed by atoms with E-state index in [-0.39, 0.29) is 5.69 Å². The first-order valence-corrected chi connectivity index (χ1v) is 5.93. The van der Waals surface area contributed by atoms with Gasteiger partial charge in [-0.05, 0) is 13.8 Å². The standard InChI is InChI=1S/C12H13N5O3/c1-3-17-7(2)6-8(16-17)15-11(18)9-10(12(19)20)14-5-4-13-9/h4-6H,3H2,1-2H3,(H,19,20)(H,15,16,18). The van der Waals surface area contributed by atoms with Crippen molar-refractivity contribution in [2.24, 2.45) is 0 Å². The highest BCUT2D eigenvalue weighted by Gasteiger charge is 2.20. The average Bonchev–Trinajstić information content (AvgIpc) is 2.78. The summed E-state index contributed by atoms with van der Waals surface area (Å²) in [6, 6.07) is 1.69. The largest absolute Gasteiger partial charge is 0.476 e. The number of aryl methyl sites for hydroxylation is 2. The summed E-state index contributed by atoms with van der Waals surface area (Å²) in [4.78, 5) is 30.4. The summed E-state index contributed by atoms with van der Waals surface area (Å²) in [6.07, 6.45) is 2.48. The first kappa shape index (κ1) is 13.7. The molecule has 104 valence electrons. The summed E-state index contributed by atoms with van der Waals surface area (Å²) in [7, 11) is 0. The number of amides is 1. The molecule has 2 aromatic rings. The number of aromatic carboxylic acids is 1. The number of carboxylic acids is 1. The number of carbonyl (C=O) groups excluding carboxylic acids is 1. The first-order valence-electron chi connectivity index (χ1n) is 5.93. The second kappa shape index (κ2) is 5.47. The van der Waals surface area contributed by atoms with Crippen LogP contribution in [0, 0.1) is 6.92 Å². The van der Waals surface area contributed by atoms with Crippen LogP contribution in [0.5, 0.6) is 0 Å². The van der Waals surface area contributed by atoms with Crippen LogP contribution in [0.2, 0.25) is 0 Å². The van der Waals surface area contributed by atoms with Crippen LogP contribution < -0.4 is 5.32 Å². The van der Waals surface area contributed by atoms with E-state index in [2.05, 4.69) is 20.4 Å². The monoisotopic (exact) mass is 275 g/mol. The van der Waals surface area contributed by atoms with Crippen LogP contribution in [0.4, 0.5) is 5.82 Å². The zero-order chi connectivity index (χ0) is 14.7. The zero-order valence-electron chi connectivity index (χ0n) is 11.0. The summed E-state index contributed by atoms with van der Waals surface area (Å²) >= 11 is 0. The molecule has 0 saturated heterocycles. The van der Waals surface area contributed by atoms with Gasteiger partial charge in [0, 0.05) is 30.7 Å². The number of hydrogen-bond acceptors (Lipinski definition) is 5. The van der Waals surface area contributed by atoms with Crippen LogP contribution in [0.1, 0.15) is 33.6 Å². The molecule has 0 aliphatic heterocycles. The minimum absolute atomic E-state index is 0.247. The maximum Gasteiger partial charge on any atom is 0.356 e. The molecular weight excluding hydrogens is 262 g/mol. The molecule has 0 unspecified atom stereocenters. The molecule has 2 heterocycles. The molecule has 0 saturated carbocycles. The van der Waals surface area contributed by atoms with Crippen LogP contribution >= 0.6 is 0 Å². The number of hydrogen-bond donors (Lipinski definition) is 2. The average molecular weight is 275 g/mol. The predicted octanol–water partition coefficient (Wildman–Crippen LogP) is 0.952. The van der Waals surface area contributed by atoms with Crippen molar-refractivity contribution in [1.29, 1.82) is 0 Å². The Bertz CT molecular complexity index is 665. The van der Waals surface area contributed by atoms with Crippen molar-refractivity contribution in [1.82, 2.24) is 19.7 Å². The molecule has 0 radical (unpaired) electrons. The fourth-order valence-electron chi connectivity index (χ4n) is 1.73. The summed E-state index contributed by atoms with van der Waals surface area (Å²) in [5.74, 6) is -1.62. The van der Waals surface area contributed by atoms with Crippen molar-refractivity contribution < 1.29 is 14.7 Å². The molecule has 2 rings (SSSR count). The van der Waals surface area contributed by atoms with Crippen molar-refractivity contribution in [3.05, 3.63) is 35.5 Å². The molecule has 2 aromatic heterocycles. The van der Waals surface area contributed by atoms with E-state index in [9.17, 15) is 9.59 Å². The molecule has 0 aliphatic carbocycles. The summed E-state index contributed by atoms with van der Waals surface area (Å²) in [5, 5.41) is 15.6. The highest BCUT2D eigenvalue weighted by atomic mass is 16.4. The molecule has 2 N–H and O–H groups in total. The number of nitrogens with one attached hydrogen (secondary N) is 1. The summed E-state index contributed by atoms with van der Waals surface area (Å²) in [5.41, 5.74) is 0.251. The van der Waals surface area contributed by atoms with Crippen LogP contribution in [-0.2, 0) is 6.54 Å². The maximum atomic E-state index is 12.0. The molecule has 0 spiro atoms. The minimum Gasteiger partial charge on any atom is -0.476 e. The van der Waals surface area contributed by atoms with Crippen LogP contribution in [-0.4, -0.2) is 36.7 Å². The lowest BCUT2D eigenvalue weighted by atomic mass is 10.3. The van der Waals surface area contributed by atoms with Gasteiger partial charge in [-0.2, -0.15) is 5.10 Å². The Hall–Kier alpha value is -2.77. The van der Waals surface area contributed by atoms with Gasteiger partial charge >= 0.3 is 5.97 Å². The summed E-state index contributed by atoms with van der Waals surface area (Å²) in [6.45, 7) is 4.46. The van der Waals surface area contributed by atoms with Gasteiger partial charge in [-0.3, -0.25) is 9.48 Å². The van der Waals surface area contributed by atoms with Crippen molar-refractivity contribution in [3.63, 3.8) is 0 Å². The first-order chi connectivity index (χ1) is 9.52. The fraction of sp³-hybridized carbons (Fsp3) is 0.250. The van der Waals surface area contributed by atoms with E-state index in [4.69, 9.17) is 5.11 Å². The van der Waals surface area contributed by atoms with E-state index in [1.54, 1.807) is 10.7 Å². The van der Waals surface area contributed by atoms with Crippen LogP contribution in [0.3, 0.4) is 0 Å². The molecular formula is C12H13N5O3. The molecule has 0 atom stereocenters. The van der Waals surface area contributed by atoms with E-state index < -0.39 is 17.6 Å². The quantitative estimate of drug-likeness (QED) is 0.859. The van der Waals surface area contributed by atoms with Gasteiger partial charge in [0.1, 0.15) is 0 Å². The van der Waals surface area contributed by atoms with E-state index in [1.165, 1.54) is 12.4 Å². The van der Waals surface area contributed by atoms with Gasteiger partial charge in [-0.1, -0.05) is 0 Å². The van der Waals surface area contributed by atoms with Crippen molar-refractivity contribution in [2.45, 2.75) is 20.4 Å². The third-order valence-corrected chi connectivity index (χ3v) is 2.64. The normalized spacial score (nSPS) is 10.3. The van der Waals surface area contributed by atoms with Crippen LogP contribution in [0.15, 0.2) is 18.5 Å². The van der Waals surface area contributed by atoms with Gasteiger partial charge in [-0.15, -0.1) is 0 Å². The number of carboxylic acid groups (broad SMARTS) is 1. The Morgan fingerprint density at radius 2 is 1.95 bits per heavy atom. The Labute approximate surface area is 114 Å². The summed E-state index contributed by atoms with van der Waals surface area (Å²) < 4.78 is 1.71. The lowest BCUT2D eigenvalue weighted by Gasteiger charge is -2.03. The Morgan fingerprint density at radius 3 is 2.50 bits per heavy atom. The predicted molar refractivity (Wildman–Crippen MR) is 69.6 cm³/mol. The molecule has 0 aromatic carbocycles. The number of rotatable bonds is 4. The minimum atomic E-state index is -1.31. The Kier molecular flexibility index (Phi) is 3.74. The molecule has 0 aliphatic rings. The highest BCUT2D eigenvalue weighted by molar-refractivity contribution is 6.08. The lowest BCUT2D eigenvalue weighted by Crippen LogP contribution is -2.19.